The number of halogens is 1. The summed E-state index contributed by atoms with van der Waals surface area (Å²) in [6, 6.07) is 13.3. The Balaban J connectivity index is 1.84. The summed E-state index contributed by atoms with van der Waals surface area (Å²) in [6.07, 6.45) is 0. The number of methoxy groups -OCH3 is 3. The van der Waals surface area contributed by atoms with Crippen LogP contribution in [0.4, 0.5) is 4.39 Å². The molecule has 0 saturated heterocycles. The predicted molar refractivity (Wildman–Crippen MR) is 106 cm³/mol. The van der Waals surface area contributed by atoms with E-state index in [9.17, 15) is 9.50 Å². The Labute approximate surface area is 166 Å². The van der Waals surface area contributed by atoms with Gasteiger partial charge in [-0.1, -0.05) is 12.1 Å². The Bertz CT molecular complexity index is 1200. The molecule has 0 aliphatic heterocycles. The minimum absolute atomic E-state index is 0.133. The summed E-state index contributed by atoms with van der Waals surface area (Å²) >= 11 is 0. The van der Waals surface area contributed by atoms with Crippen LogP contribution in [0.5, 0.6) is 23.0 Å². The topological polar surface area (TPSA) is 74.0 Å². The quantitative estimate of drug-likeness (QED) is 0.511. The molecule has 0 fully saturated rings. The van der Waals surface area contributed by atoms with Crippen molar-refractivity contribution in [3.8, 4) is 45.6 Å². The van der Waals surface area contributed by atoms with E-state index in [2.05, 4.69) is 4.98 Å². The summed E-state index contributed by atoms with van der Waals surface area (Å²) in [7, 11) is 4.65. The zero-order valence-electron chi connectivity index (χ0n) is 16.0. The van der Waals surface area contributed by atoms with Crippen molar-refractivity contribution in [2.45, 2.75) is 0 Å². The van der Waals surface area contributed by atoms with E-state index in [4.69, 9.17) is 18.6 Å². The lowest BCUT2D eigenvalue weighted by molar-refractivity contribution is 0.325. The van der Waals surface area contributed by atoms with Crippen molar-refractivity contribution >= 4 is 11.1 Å². The van der Waals surface area contributed by atoms with Crippen LogP contribution in [0.3, 0.4) is 0 Å². The lowest BCUT2D eigenvalue weighted by Crippen LogP contribution is -1.96. The molecule has 29 heavy (non-hydrogen) atoms. The first-order valence-electron chi connectivity index (χ1n) is 8.75. The van der Waals surface area contributed by atoms with E-state index in [-0.39, 0.29) is 11.5 Å². The van der Waals surface area contributed by atoms with Gasteiger partial charge in [-0.2, -0.15) is 0 Å². The van der Waals surface area contributed by atoms with E-state index in [0.29, 0.717) is 28.3 Å². The number of hydrogen-bond donors (Lipinski definition) is 1. The molecule has 1 heterocycles. The molecule has 0 radical (unpaired) electrons. The number of benzene rings is 3. The predicted octanol–water partition coefficient (Wildman–Crippen LogP) is 5.03. The van der Waals surface area contributed by atoms with Gasteiger partial charge in [0.1, 0.15) is 5.52 Å². The normalized spacial score (nSPS) is 10.9. The number of rotatable bonds is 5. The summed E-state index contributed by atoms with van der Waals surface area (Å²) in [6.45, 7) is 0. The highest BCUT2D eigenvalue weighted by molar-refractivity contribution is 5.85. The second kappa shape index (κ2) is 7.35. The Morgan fingerprint density at radius 1 is 0.897 bits per heavy atom. The molecule has 148 valence electrons. The number of hydrogen-bond acceptors (Lipinski definition) is 6. The summed E-state index contributed by atoms with van der Waals surface area (Å²) in [5.74, 6) is 0.455. The number of phenolic OH excluding ortho intramolecular Hbond substituents is 1. The van der Waals surface area contributed by atoms with Crippen molar-refractivity contribution in [1.82, 2.24) is 4.98 Å². The van der Waals surface area contributed by atoms with Crippen LogP contribution in [-0.2, 0) is 0 Å². The Hall–Kier alpha value is -3.74. The van der Waals surface area contributed by atoms with Crippen molar-refractivity contribution in [1.29, 1.82) is 0 Å². The standard InChI is InChI=1S/C22H18FNO5/c1-26-17-10-8-13(20(27-2)21(17)28-3)12-7-9-16-18(11-12)29-22(24-16)14-5-4-6-15(23)19(14)25/h4-11,25H,1-3H3. The van der Waals surface area contributed by atoms with Crippen LogP contribution in [-0.4, -0.2) is 31.4 Å². The van der Waals surface area contributed by atoms with Gasteiger partial charge in [-0.25, -0.2) is 9.37 Å². The smallest absolute Gasteiger partial charge is 0.231 e. The van der Waals surface area contributed by atoms with Crippen molar-refractivity contribution in [3.05, 3.63) is 54.3 Å². The first-order valence-corrected chi connectivity index (χ1v) is 8.75. The molecule has 3 aromatic carbocycles. The highest BCUT2D eigenvalue weighted by Gasteiger charge is 2.19. The zero-order valence-corrected chi connectivity index (χ0v) is 16.0. The van der Waals surface area contributed by atoms with Crippen LogP contribution in [0.2, 0.25) is 0 Å². The lowest BCUT2D eigenvalue weighted by Gasteiger charge is -2.15. The van der Waals surface area contributed by atoms with Crippen molar-refractivity contribution in [3.63, 3.8) is 0 Å². The molecule has 0 bridgehead atoms. The van der Waals surface area contributed by atoms with Crippen LogP contribution in [0.25, 0.3) is 33.7 Å². The number of para-hydroxylation sites is 1. The molecule has 0 amide bonds. The molecule has 0 spiro atoms. The van der Waals surface area contributed by atoms with Gasteiger partial charge in [-0.3, -0.25) is 0 Å². The van der Waals surface area contributed by atoms with Crippen molar-refractivity contribution < 1.29 is 28.1 Å². The van der Waals surface area contributed by atoms with Crippen molar-refractivity contribution in [2.75, 3.05) is 21.3 Å². The van der Waals surface area contributed by atoms with E-state index in [1.165, 1.54) is 12.1 Å². The van der Waals surface area contributed by atoms with E-state index in [1.807, 2.05) is 12.1 Å². The fourth-order valence-corrected chi connectivity index (χ4v) is 3.22. The minimum atomic E-state index is -0.736. The molecule has 7 heteroatoms. The molecule has 0 unspecified atom stereocenters. The Morgan fingerprint density at radius 3 is 2.41 bits per heavy atom. The first kappa shape index (κ1) is 18.6. The third-order valence-corrected chi connectivity index (χ3v) is 4.62. The monoisotopic (exact) mass is 395 g/mol. The third-order valence-electron chi connectivity index (χ3n) is 4.62. The molecule has 1 N–H and O–H groups in total. The van der Waals surface area contributed by atoms with Gasteiger partial charge in [-0.15, -0.1) is 0 Å². The average Bonchev–Trinajstić information content (AvgIpc) is 3.17. The van der Waals surface area contributed by atoms with E-state index in [0.717, 1.165) is 11.1 Å². The number of aromatic hydroxyl groups is 1. The fourth-order valence-electron chi connectivity index (χ4n) is 3.22. The first-order chi connectivity index (χ1) is 14.1. The Kier molecular flexibility index (Phi) is 4.72. The maximum Gasteiger partial charge on any atom is 0.231 e. The maximum atomic E-state index is 13.7. The van der Waals surface area contributed by atoms with Gasteiger partial charge in [-0.05, 0) is 42.0 Å². The molecule has 4 rings (SSSR count). The highest BCUT2D eigenvalue weighted by Crippen LogP contribution is 2.45. The fraction of sp³-hybridized carbons (Fsp3) is 0.136. The zero-order chi connectivity index (χ0) is 20.5. The number of ether oxygens (including phenoxy) is 3. The summed E-state index contributed by atoms with van der Waals surface area (Å²) in [5, 5.41) is 9.97. The SMILES string of the molecule is COc1ccc(-c2ccc3nc(-c4cccc(F)c4O)oc3c2)c(OC)c1OC. The van der Waals surface area contributed by atoms with Crippen molar-refractivity contribution in [2.24, 2.45) is 0 Å². The molecule has 0 aliphatic carbocycles. The summed E-state index contributed by atoms with van der Waals surface area (Å²) in [5.41, 5.74) is 2.83. The van der Waals surface area contributed by atoms with Crippen LogP contribution < -0.4 is 14.2 Å². The second-order valence-electron chi connectivity index (χ2n) is 6.22. The van der Waals surface area contributed by atoms with Crippen LogP contribution in [0.1, 0.15) is 0 Å². The maximum absolute atomic E-state index is 13.7. The van der Waals surface area contributed by atoms with Crippen LogP contribution in [0, 0.1) is 5.82 Å². The molecule has 6 nitrogen and oxygen atoms in total. The number of aromatic nitrogens is 1. The van der Waals surface area contributed by atoms with E-state index in [1.54, 1.807) is 45.6 Å². The third kappa shape index (κ3) is 3.10. The van der Waals surface area contributed by atoms with Gasteiger partial charge in [0, 0.05) is 5.56 Å². The molecule has 0 aliphatic rings. The second-order valence-corrected chi connectivity index (χ2v) is 6.22. The number of fused-ring (bicyclic) bond motifs is 1. The number of phenols is 1. The van der Waals surface area contributed by atoms with E-state index < -0.39 is 11.6 Å². The molecule has 4 aromatic rings. The molecule has 0 saturated carbocycles. The lowest BCUT2D eigenvalue weighted by atomic mass is 10.0. The van der Waals surface area contributed by atoms with Gasteiger partial charge < -0.3 is 23.7 Å². The van der Waals surface area contributed by atoms with Gasteiger partial charge >= 0.3 is 0 Å². The van der Waals surface area contributed by atoms with Gasteiger partial charge in [0.2, 0.25) is 11.6 Å². The van der Waals surface area contributed by atoms with E-state index >= 15 is 0 Å². The average molecular weight is 395 g/mol. The van der Waals surface area contributed by atoms with Gasteiger partial charge in [0.25, 0.3) is 0 Å². The molecular formula is C22H18FNO5. The number of nitrogens with zero attached hydrogens (tertiary/aromatic N) is 1. The molecule has 0 atom stereocenters. The van der Waals surface area contributed by atoms with Gasteiger partial charge in [0.15, 0.2) is 28.6 Å². The molecular weight excluding hydrogens is 377 g/mol. The Morgan fingerprint density at radius 2 is 1.69 bits per heavy atom. The minimum Gasteiger partial charge on any atom is -0.504 e. The van der Waals surface area contributed by atoms with Gasteiger partial charge in [0.05, 0.1) is 26.9 Å². The van der Waals surface area contributed by atoms with Crippen LogP contribution in [0.15, 0.2) is 52.9 Å². The van der Waals surface area contributed by atoms with Crippen LogP contribution >= 0.6 is 0 Å². The summed E-state index contributed by atoms with van der Waals surface area (Å²) < 4.78 is 35.8. The summed E-state index contributed by atoms with van der Waals surface area (Å²) in [4.78, 5) is 4.35. The number of oxazole rings is 1. The molecule has 1 aromatic heterocycles. The largest absolute Gasteiger partial charge is 0.504 e. The highest BCUT2D eigenvalue weighted by atomic mass is 19.1.